The van der Waals surface area contributed by atoms with E-state index in [-0.39, 0.29) is 5.78 Å². The Morgan fingerprint density at radius 2 is 1.88 bits per heavy atom. The molecule has 0 spiro atoms. The van der Waals surface area contributed by atoms with Crippen LogP contribution >= 0.6 is 0 Å². The molecule has 0 unspecified atom stereocenters. The van der Waals surface area contributed by atoms with Gasteiger partial charge in [0.2, 0.25) is 0 Å². The van der Waals surface area contributed by atoms with Gasteiger partial charge in [0.1, 0.15) is 6.34 Å². The Morgan fingerprint density at radius 3 is 2.31 bits per heavy atom. The fourth-order valence-electron chi connectivity index (χ4n) is 0.955. The van der Waals surface area contributed by atoms with Crippen LogP contribution in [0.15, 0.2) is 45.9 Å². The molecule has 0 atom stereocenters. The average Bonchev–Trinajstić information content (AvgIpc) is 2.25. The molecule has 3 heteroatoms. The van der Waals surface area contributed by atoms with E-state index in [1.165, 1.54) is 13.3 Å². The Labute approximate surface area is 97.0 Å². The van der Waals surface area contributed by atoms with Gasteiger partial charge in [-0.25, -0.2) is 4.99 Å². The van der Waals surface area contributed by atoms with E-state index >= 15 is 0 Å². The number of ketones is 1. The summed E-state index contributed by atoms with van der Waals surface area (Å²) >= 11 is 0. The summed E-state index contributed by atoms with van der Waals surface area (Å²) in [4.78, 5) is 18.9. The zero-order valence-corrected chi connectivity index (χ0v) is 10.3. The maximum Gasteiger partial charge on any atom is 0.159 e. The second kappa shape index (κ2) is 7.51. The maximum absolute atomic E-state index is 11.1. The summed E-state index contributed by atoms with van der Waals surface area (Å²) in [6.45, 7) is 9.06. The molecule has 16 heavy (non-hydrogen) atoms. The van der Waals surface area contributed by atoms with Gasteiger partial charge in [-0.15, -0.1) is 0 Å². The molecule has 0 aliphatic rings. The van der Waals surface area contributed by atoms with E-state index in [1.54, 1.807) is 25.3 Å². The molecular formula is C13H18N2O. The number of Topliss-reactive ketones (excluding diaryl/α,β-unsaturated/α-hetero) is 1. The maximum atomic E-state index is 11.1. The molecule has 0 saturated heterocycles. The van der Waals surface area contributed by atoms with Crippen molar-refractivity contribution in [2.24, 2.45) is 9.98 Å². The van der Waals surface area contributed by atoms with Gasteiger partial charge in [-0.05, 0) is 26.3 Å². The SMILES string of the molecule is C=C(/C=C\C(=C/C)C(C)=O)C(C)=NC=NC. The number of hydrogen-bond donors (Lipinski definition) is 0. The Hall–Kier alpha value is -1.77. The molecule has 0 bridgehead atoms. The summed E-state index contributed by atoms with van der Waals surface area (Å²) in [7, 11) is 1.66. The van der Waals surface area contributed by atoms with Gasteiger partial charge in [-0.2, -0.15) is 0 Å². The van der Waals surface area contributed by atoms with Crippen molar-refractivity contribution in [3.8, 4) is 0 Å². The number of aliphatic imine (C=N–C) groups is 2. The van der Waals surface area contributed by atoms with E-state index in [0.29, 0.717) is 5.57 Å². The van der Waals surface area contributed by atoms with Gasteiger partial charge in [0.15, 0.2) is 5.78 Å². The Morgan fingerprint density at radius 1 is 1.25 bits per heavy atom. The van der Waals surface area contributed by atoms with Gasteiger partial charge in [-0.1, -0.05) is 24.8 Å². The number of carbonyl (C=O) groups excluding carboxylic acids is 1. The van der Waals surface area contributed by atoms with Crippen LogP contribution in [-0.2, 0) is 4.79 Å². The Kier molecular flexibility index (Phi) is 6.68. The predicted octanol–water partition coefficient (Wildman–Crippen LogP) is 2.75. The summed E-state index contributed by atoms with van der Waals surface area (Å²) in [5.41, 5.74) is 2.21. The molecule has 0 aliphatic carbocycles. The monoisotopic (exact) mass is 218 g/mol. The highest BCUT2D eigenvalue weighted by Gasteiger charge is 1.98. The van der Waals surface area contributed by atoms with Crippen LogP contribution in [0.1, 0.15) is 20.8 Å². The topological polar surface area (TPSA) is 41.8 Å². The molecule has 0 amide bonds. The summed E-state index contributed by atoms with van der Waals surface area (Å²) in [6, 6.07) is 0. The predicted molar refractivity (Wildman–Crippen MR) is 70.2 cm³/mol. The van der Waals surface area contributed by atoms with Crippen molar-refractivity contribution in [1.82, 2.24) is 0 Å². The van der Waals surface area contributed by atoms with Gasteiger partial charge in [0.05, 0.1) is 0 Å². The number of hydrogen-bond acceptors (Lipinski definition) is 2. The highest BCUT2D eigenvalue weighted by Crippen LogP contribution is 2.03. The first-order chi connectivity index (χ1) is 7.52. The molecular weight excluding hydrogens is 200 g/mol. The molecule has 0 saturated carbocycles. The number of rotatable bonds is 5. The van der Waals surface area contributed by atoms with Crippen LogP contribution in [0.3, 0.4) is 0 Å². The first-order valence-corrected chi connectivity index (χ1v) is 5.02. The number of allylic oxidation sites excluding steroid dienone is 5. The summed E-state index contributed by atoms with van der Waals surface area (Å²) in [5, 5.41) is 0. The molecule has 0 N–H and O–H groups in total. The first-order valence-electron chi connectivity index (χ1n) is 5.02. The van der Waals surface area contributed by atoms with Crippen molar-refractivity contribution < 1.29 is 4.79 Å². The lowest BCUT2D eigenvalue weighted by atomic mass is 10.1. The minimum Gasteiger partial charge on any atom is -0.295 e. The van der Waals surface area contributed by atoms with E-state index in [9.17, 15) is 4.79 Å². The Balaban J connectivity index is 4.69. The molecule has 0 rings (SSSR count). The first kappa shape index (κ1) is 14.2. The second-order valence-electron chi connectivity index (χ2n) is 3.25. The lowest BCUT2D eigenvalue weighted by molar-refractivity contribution is -0.113. The van der Waals surface area contributed by atoms with Gasteiger partial charge in [0, 0.05) is 18.3 Å². The molecule has 0 fully saturated rings. The number of carbonyl (C=O) groups is 1. The van der Waals surface area contributed by atoms with E-state index < -0.39 is 0 Å². The molecule has 0 aromatic rings. The summed E-state index contributed by atoms with van der Waals surface area (Å²) in [6.07, 6.45) is 6.76. The molecule has 86 valence electrons. The zero-order valence-electron chi connectivity index (χ0n) is 10.3. The van der Waals surface area contributed by atoms with Gasteiger partial charge in [0.25, 0.3) is 0 Å². The largest absolute Gasteiger partial charge is 0.295 e. The minimum atomic E-state index is 0.0382. The molecule has 3 nitrogen and oxygen atoms in total. The van der Waals surface area contributed by atoms with E-state index in [4.69, 9.17) is 0 Å². The molecule has 0 aromatic carbocycles. The van der Waals surface area contributed by atoms with Crippen molar-refractivity contribution in [1.29, 1.82) is 0 Å². The smallest absolute Gasteiger partial charge is 0.159 e. The van der Waals surface area contributed by atoms with E-state index in [2.05, 4.69) is 16.6 Å². The minimum absolute atomic E-state index is 0.0382. The van der Waals surface area contributed by atoms with Crippen molar-refractivity contribution >= 4 is 17.8 Å². The van der Waals surface area contributed by atoms with Crippen molar-refractivity contribution in [3.05, 3.63) is 36.0 Å². The zero-order chi connectivity index (χ0) is 12.6. The van der Waals surface area contributed by atoms with Crippen LogP contribution in [0.5, 0.6) is 0 Å². The van der Waals surface area contributed by atoms with Crippen LogP contribution < -0.4 is 0 Å². The van der Waals surface area contributed by atoms with Crippen LogP contribution in [0.4, 0.5) is 0 Å². The fourth-order valence-corrected chi connectivity index (χ4v) is 0.955. The van der Waals surface area contributed by atoms with E-state index in [1.807, 2.05) is 13.8 Å². The summed E-state index contributed by atoms with van der Waals surface area (Å²) in [5.74, 6) is 0.0382. The fraction of sp³-hybridized carbons (Fsp3) is 0.308. The van der Waals surface area contributed by atoms with Gasteiger partial charge >= 0.3 is 0 Å². The standard InChI is InChI=1S/C13H18N2O/c1-6-13(12(4)16)8-7-10(2)11(3)15-9-14-5/h6-9H,2H2,1,3-5H3/b8-7-,13-6+,14-9?,15-11?. The van der Waals surface area contributed by atoms with Gasteiger partial charge < -0.3 is 0 Å². The highest BCUT2D eigenvalue weighted by atomic mass is 16.1. The molecule has 0 radical (unpaired) electrons. The van der Waals surface area contributed by atoms with E-state index in [0.717, 1.165) is 11.3 Å². The third-order valence-corrected chi connectivity index (χ3v) is 2.01. The molecule has 0 aromatic heterocycles. The van der Waals surface area contributed by atoms with Crippen molar-refractivity contribution in [2.45, 2.75) is 20.8 Å². The van der Waals surface area contributed by atoms with Crippen LogP contribution in [0.25, 0.3) is 0 Å². The normalized spacial score (nSPS) is 13.8. The van der Waals surface area contributed by atoms with Crippen LogP contribution in [0, 0.1) is 0 Å². The highest BCUT2D eigenvalue weighted by molar-refractivity contribution is 6.04. The molecule has 0 aliphatic heterocycles. The third kappa shape index (κ3) is 5.20. The van der Waals surface area contributed by atoms with Gasteiger partial charge in [-0.3, -0.25) is 9.79 Å². The molecule has 0 heterocycles. The third-order valence-electron chi connectivity index (χ3n) is 2.01. The average molecular weight is 218 g/mol. The van der Waals surface area contributed by atoms with Crippen molar-refractivity contribution in [3.63, 3.8) is 0 Å². The number of nitrogens with zero attached hydrogens (tertiary/aromatic N) is 2. The second-order valence-corrected chi connectivity index (χ2v) is 3.25. The van der Waals surface area contributed by atoms with Crippen molar-refractivity contribution in [2.75, 3.05) is 7.05 Å². The lowest BCUT2D eigenvalue weighted by Crippen LogP contribution is -1.96. The lowest BCUT2D eigenvalue weighted by Gasteiger charge is -1.98. The quantitative estimate of drug-likeness (QED) is 0.303. The van der Waals surface area contributed by atoms with Crippen LogP contribution in [0.2, 0.25) is 0 Å². The Bertz CT molecular complexity index is 385. The van der Waals surface area contributed by atoms with Crippen LogP contribution in [-0.4, -0.2) is 24.9 Å². The summed E-state index contributed by atoms with van der Waals surface area (Å²) < 4.78 is 0.